The number of hydrogen-bond acceptors (Lipinski definition) is 3. The van der Waals surface area contributed by atoms with Crippen LogP contribution in [0.1, 0.15) is 28.9 Å². The predicted molar refractivity (Wildman–Crippen MR) is 136 cm³/mol. The Kier molecular flexibility index (Phi) is 6.93. The van der Waals surface area contributed by atoms with E-state index in [9.17, 15) is 9.18 Å². The number of piperidine rings is 1. The van der Waals surface area contributed by atoms with E-state index in [0.717, 1.165) is 38.0 Å². The van der Waals surface area contributed by atoms with Gasteiger partial charge in [-0.3, -0.25) is 9.69 Å². The van der Waals surface area contributed by atoms with Crippen LogP contribution in [0.2, 0.25) is 5.02 Å². The lowest BCUT2D eigenvalue weighted by molar-refractivity contribution is 0.0901. The van der Waals surface area contributed by atoms with Gasteiger partial charge in [0.25, 0.3) is 5.91 Å². The van der Waals surface area contributed by atoms with Crippen LogP contribution in [0.4, 0.5) is 4.39 Å². The Bertz CT molecular complexity index is 1300. The third kappa shape index (κ3) is 5.45. The summed E-state index contributed by atoms with van der Waals surface area (Å²) in [6, 6.07) is 25.6. The van der Waals surface area contributed by atoms with Crippen molar-refractivity contribution in [3.63, 3.8) is 0 Å². The van der Waals surface area contributed by atoms with Crippen molar-refractivity contribution in [3.8, 4) is 16.9 Å². The minimum atomic E-state index is -0.347. The van der Waals surface area contributed by atoms with E-state index in [1.54, 1.807) is 28.9 Å². The molecule has 0 saturated carbocycles. The third-order valence-electron chi connectivity index (χ3n) is 6.33. The number of hydrogen-bond donors (Lipinski definition) is 1. The van der Waals surface area contributed by atoms with Gasteiger partial charge in [0.15, 0.2) is 0 Å². The summed E-state index contributed by atoms with van der Waals surface area (Å²) >= 11 is 6.39. The Hall–Kier alpha value is -3.48. The monoisotopic (exact) mass is 488 g/mol. The van der Waals surface area contributed by atoms with E-state index < -0.39 is 0 Å². The van der Waals surface area contributed by atoms with Gasteiger partial charge >= 0.3 is 0 Å². The summed E-state index contributed by atoms with van der Waals surface area (Å²) in [4.78, 5) is 15.8. The van der Waals surface area contributed by atoms with Crippen molar-refractivity contribution in [3.05, 3.63) is 107 Å². The van der Waals surface area contributed by atoms with Crippen molar-refractivity contribution < 1.29 is 9.18 Å². The number of halogens is 2. The summed E-state index contributed by atoms with van der Waals surface area (Å²) in [5.41, 5.74) is 3.61. The molecule has 1 fully saturated rings. The van der Waals surface area contributed by atoms with Gasteiger partial charge in [-0.25, -0.2) is 9.07 Å². The fourth-order valence-corrected chi connectivity index (χ4v) is 4.69. The maximum atomic E-state index is 13.5. The zero-order valence-corrected chi connectivity index (χ0v) is 20.0. The van der Waals surface area contributed by atoms with Crippen LogP contribution in [0.3, 0.4) is 0 Å². The first-order valence-electron chi connectivity index (χ1n) is 11.7. The van der Waals surface area contributed by atoms with Gasteiger partial charge < -0.3 is 5.32 Å². The van der Waals surface area contributed by atoms with Crippen LogP contribution < -0.4 is 5.32 Å². The molecule has 0 atom stereocenters. The molecule has 4 aromatic rings. The third-order valence-corrected chi connectivity index (χ3v) is 6.66. The summed E-state index contributed by atoms with van der Waals surface area (Å²) in [5.74, 6) is -0.554. The Balaban J connectivity index is 1.33. The molecule has 0 unspecified atom stereocenters. The predicted octanol–water partition coefficient (Wildman–Crippen LogP) is 5.73. The summed E-state index contributed by atoms with van der Waals surface area (Å²) in [7, 11) is 0. The maximum Gasteiger partial charge on any atom is 0.270 e. The molecule has 1 aliphatic rings. The fraction of sp³-hybridized carbons (Fsp3) is 0.214. The van der Waals surface area contributed by atoms with Crippen molar-refractivity contribution in [2.75, 3.05) is 13.1 Å². The van der Waals surface area contributed by atoms with Gasteiger partial charge in [0.1, 0.15) is 11.5 Å². The van der Waals surface area contributed by atoms with Gasteiger partial charge in [-0.2, -0.15) is 5.10 Å². The second kappa shape index (κ2) is 10.4. The minimum absolute atomic E-state index is 0.0786. The maximum absolute atomic E-state index is 13.5. The minimum Gasteiger partial charge on any atom is -0.348 e. The van der Waals surface area contributed by atoms with Gasteiger partial charge in [-0.05, 0) is 54.8 Å². The lowest BCUT2D eigenvalue weighted by Crippen LogP contribution is -2.44. The molecule has 0 bridgehead atoms. The fourth-order valence-electron chi connectivity index (χ4n) is 4.46. The van der Waals surface area contributed by atoms with Crippen LogP contribution in [-0.4, -0.2) is 39.7 Å². The van der Waals surface area contributed by atoms with Crippen LogP contribution in [0, 0.1) is 5.82 Å². The van der Waals surface area contributed by atoms with Gasteiger partial charge in [-0.15, -0.1) is 0 Å². The molecule has 0 radical (unpaired) electrons. The number of benzene rings is 3. The molecule has 1 aliphatic heterocycles. The van der Waals surface area contributed by atoms with Gasteiger partial charge in [-0.1, -0.05) is 60.1 Å². The molecule has 5 nitrogen and oxygen atoms in total. The Morgan fingerprint density at radius 1 is 0.971 bits per heavy atom. The molecule has 2 heterocycles. The molecule has 5 rings (SSSR count). The molecule has 1 amide bonds. The van der Waals surface area contributed by atoms with Crippen molar-refractivity contribution in [1.82, 2.24) is 20.0 Å². The molecule has 1 saturated heterocycles. The highest BCUT2D eigenvalue weighted by Crippen LogP contribution is 2.28. The molecule has 178 valence electrons. The highest BCUT2D eigenvalue weighted by molar-refractivity contribution is 6.33. The average Bonchev–Trinajstić information content (AvgIpc) is 3.32. The zero-order valence-electron chi connectivity index (χ0n) is 19.2. The number of rotatable bonds is 6. The van der Waals surface area contributed by atoms with E-state index in [1.807, 2.05) is 24.3 Å². The van der Waals surface area contributed by atoms with Crippen molar-refractivity contribution in [2.45, 2.75) is 25.4 Å². The number of nitrogens with one attached hydrogen (secondary N) is 1. The highest BCUT2D eigenvalue weighted by Gasteiger charge is 2.24. The summed E-state index contributed by atoms with van der Waals surface area (Å²) in [5, 5.41) is 8.39. The number of nitrogens with zero attached hydrogens (tertiary/aromatic N) is 3. The summed E-state index contributed by atoms with van der Waals surface area (Å²) in [6.45, 7) is 2.75. The Morgan fingerprint density at radius 3 is 2.37 bits per heavy atom. The molecular weight excluding hydrogens is 463 g/mol. The molecule has 3 aromatic carbocycles. The number of carbonyl (C=O) groups excluding carboxylic acids is 1. The van der Waals surface area contributed by atoms with E-state index in [4.69, 9.17) is 11.6 Å². The lowest BCUT2D eigenvalue weighted by atomic mass is 10.0. The van der Waals surface area contributed by atoms with Gasteiger partial charge in [0, 0.05) is 31.2 Å². The quantitative estimate of drug-likeness (QED) is 0.377. The van der Waals surface area contributed by atoms with Crippen LogP contribution in [-0.2, 0) is 6.54 Å². The second-order valence-corrected chi connectivity index (χ2v) is 9.20. The smallest absolute Gasteiger partial charge is 0.270 e. The van der Waals surface area contributed by atoms with E-state index >= 15 is 0 Å². The molecule has 1 N–H and O–H groups in total. The van der Waals surface area contributed by atoms with Crippen molar-refractivity contribution in [2.24, 2.45) is 0 Å². The first-order chi connectivity index (χ1) is 17.1. The van der Waals surface area contributed by atoms with E-state index in [2.05, 4.69) is 39.6 Å². The van der Waals surface area contributed by atoms with E-state index in [0.29, 0.717) is 22.1 Å². The van der Waals surface area contributed by atoms with Crippen LogP contribution >= 0.6 is 11.6 Å². The Morgan fingerprint density at radius 2 is 1.66 bits per heavy atom. The lowest BCUT2D eigenvalue weighted by Gasteiger charge is -2.32. The van der Waals surface area contributed by atoms with E-state index in [1.165, 1.54) is 17.7 Å². The second-order valence-electron chi connectivity index (χ2n) is 8.79. The number of amides is 1. The highest BCUT2D eigenvalue weighted by atomic mass is 35.5. The van der Waals surface area contributed by atoms with Gasteiger partial charge in [0.05, 0.1) is 16.4 Å². The first kappa shape index (κ1) is 23.3. The average molecular weight is 489 g/mol. The van der Waals surface area contributed by atoms with Crippen LogP contribution in [0.15, 0.2) is 84.9 Å². The zero-order chi connectivity index (χ0) is 24.2. The number of likely N-dealkylation sites (tertiary alicyclic amines) is 1. The molecule has 0 spiro atoms. The van der Waals surface area contributed by atoms with Crippen molar-refractivity contribution in [1.29, 1.82) is 0 Å². The molecule has 1 aromatic heterocycles. The molecule has 35 heavy (non-hydrogen) atoms. The van der Waals surface area contributed by atoms with Crippen LogP contribution in [0.25, 0.3) is 16.9 Å². The van der Waals surface area contributed by atoms with Crippen LogP contribution in [0.5, 0.6) is 0 Å². The van der Waals surface area contributed by atoms with E-state index in [-0.39, 0.29) is 17.8 Å². The normalized spacial score (nSPS) is 14.7. The number of aromatic nitrogens is 2. The first-order valence-corrected chi connectivity index (χ1v) is 12.1. The standard InChI is InChI=1S/C28H26ClFN4O/c29-25-9-5-4-8-24(25)26-18-27(34(32-26)23-12-10-21(30)11-13-23)28(35)31-22-14-16-33(17-15-22)19-20-6-2-1-3-7-20/h1-13,18,22H,14-17,19H2,(H,31,35). The SMILES string of the molecule is O=C(NC1CCN(Cc2ccccc2)CC1)c1cc(-c2ccccc2Cl)nn1-c1ccc(F)cc1. The molecule has 0 aliphatic carbocycles. The van der Waals surface area contributed by atoms with Crippen molar-refractivity contribution >= 4 is 17.5 Å². The molecule has 7 heteroatoms. The number of carbonyl (C=O) groups is 1. The molecular formula is C28H26ClFN4O. The topological polar surface area (TPSA) is 50.2 Å². The van der Waals surface area contributed by atoms with Gasteiger partial charge in [0.2, 0.25) is 0 Å². The largest absolute Gasteiger partial charge is 0.348 e. The Labute approximate surface area is 209 Å². The summed E-state index contributed by atoms with van der Waals surface area (Å²) in [6.07, 6.45) is 1.75. The summed E-state index contributed by atoms with van der Waals surface area (Å²) < 4.78 is 15.1.